The van der Waals surface area contributed by atoms with E-state index in [1.807, 2.05) is 6.07 Å². The minimum atomic E-state index is -0.359. The van der Waals surface area contributed by atoms with Crippen LogP contribution in [0.3, 0.4) is 0 Å². The highest BCUT2D eigenvalue weighted by atomic mass is 16.6. The van der Waals surface area contributed by atoms with Crippen LogP contribution in [-0.2, 0) is 0 Å². The molecule has 27 heavy (non-hydrogen) atoms. The van der Waals surface area contributed by atoms with Gasteiger partial charge in [0.05, 0.1) is 15.9 Å². The fourth-order valence-corrected chi connectivity index (χ4v) is 5.75. The van der Waals surface area contributed by atoms with Crippen molar-refractivity contribution >= 4 is 17.1 Å². The maximum atomic E-state index is 11.2. The lowest BCUT2D eigenvalue weighted by atomic mass is 9.68. The first-order valence-corrected chi connectivity index (χ1v) is 9.32. The molecule has 5 rings (SSSR count). The Morgan fingerprint density at radius 1 is 0.926 bits per heavy atom. The second kappa shape index (κ2) is 5.77. The van der Waals surface area contributed by atoms with E-state index < -0.39 is 0 Å². The highest BCUT2D eigenvalue weighted by molar-refractivity contribution is 5.62. The predicted molar refractivity (Wildman–Crippen MR) is 99.6 cm³/mol. The molecule has 0 aromatic heterocycles. The molecular formula is C20H19N3O4. The molecule has 2 aromatic carbocycles. The van der Waals surface area contributed by atoms with E-state index in [2.05, 4.69) is 5.32 Å². The van der Waals surface area contributed by atoms with Gasteiger partial charge in [-0.25, -0.2) is 0 Å². The van der Waals surface area contributed by atoms with Gasteiger partial charge in [-0.2, -0.15) is 0 Å². The first kappa shape index (κ1) is 16.2. The van der Waals surface area contributed by atoms with Gasteiger partial charge in [0.15, 0.2) is 0 Å². The van der Waals surface area contributed by atoms with Gasteiger partial charge in [-0.05, 0) is 60.1 Å². The summed E-state index contributed by atoms with van der Waals surface area (Å²) in [4.78, 5) is 21.8. The number of benzene rings is 2. The molecule has 3 aliphatic rings. The molecule has 1 N–H and O–H groups in total. The molecule has 0 amide bonds. The SMILES string of the molecule is O=[N+]([O-])c1cccc([C@@H]2Nc3ccc([N+](=O)[O-])cc3[C@@H]3[C@H]4CC[C@@H](C4)[C@@H]32)c1. The zero-order chi connectivity index (χ0) is 18.7. The number of hydrogen-bond acceptors (Lipinski definition) is 5. The standard InChI is InChI=1S/C20H19N3O4/c24-22(25)14-3-1-2-13(9-14)20-19-12-5-4-11(8-12)18(19)16-10-15(23(26)27)6-7-17(16)21-20/h1-3,6-7,9-12,18-21H,4-5,8H2/t11-,12-,18-,19-,20-/m0/s1. The van der Waals surface area contributed by atoms with Gasteiger partial charge in [-0.3, -0.25) is 20.2 Å². The summed E-state index contributed by atoms with van der Waals surface area (Å²) in [6.45, 7) is 0. The highest BCUT2D eigenvalue weighted by Crippen LogP contribution is 2.64. The molecule has 2 fully saturated rings. The summed E-state index contributed by atoms with van der Waals surface area (Å²) in [6, 6.07) is 11.9. The highest BCUT2D eigenvalue weighted by Gasteiger charge is 2.54. The van der Waals surface area contributed by atoms with Crippen molar-refractivity contribution in [2.24, 2.45) is 17.8 Å². The normalized spacial score (nSPS) is 30.3. The molecule has 2 aromatic rings. The molecule has 2 saturated carbocycles. The molecule has 0 saturated heterocycles. The van der Waals surface area contributed by atoms with E-state index in [-0.39, 0.29) is 33.2 Å². The van der Waals surface area contributed by atoms with Crippen LogP contribution in [0.2, 0.25) is 0 Å². The number of nitro groups is 2. The summed E-state index contributed by atoms with van der Waals surface area (Å²) >= 11 is 0. The van der Waals surface area contributed by atoms with Gasteiger partial charge >= 0.3 is 0 Å². The van der Waals surface area contributed by atoms with Gasteiger partial charge in [-0.1, -0.05) is 12.1 Å². The van der Waals surface area contributed by atoms with Crippen molar-refractivity contribution in [3.63, 3.8) is 0 Å². The molecule has 0 radical (unpaired) electrons. The van der Waals surface area contributed by atoms with Crippen LogP contribution in [0, 0.1) is 38.0 Å². The zero-order valence-corrected chi connectivity index (χ0v) is 14.6. The fraction of sp³-hybridized carbons (Fsp3) is 0.400. The molecule has 138 valence electrons. The third kappa shape index (κ3) is 2.41. The van der Waals surface area contributed by atoms with E-state index in [1.165, 1.54) is 18.6 Å². The van der Waals surface area contributed by atoms with Gasteiger partial charge in [-0.15, -0.1) is 0 Å². The summed E-state index contributed by atoms with van der Waals surface area (Å²) in [5, 5.41) is 26.0. The Labute approximate surface area is 155 Å². The largest absolute Gasteiger partial charge is 0.378 e. The lowest BCUT2D eigenvalue weighted by molar-refractivity contribution is -0.385. The monoisotopic (exact) mass is 365 g/mol. The Hall–Kier alpha value is -2.96. The van der Waals surface area contributed by atoms with Crippen LogP contribution in [0.1, 0.15) is 42.3 Å². The predicted octanol–water partition coefficient (Wildman–Crippen LogP) is 4.80. The Bertz CT molecular complexity index is 960. The van der Waals surface area contributed by atoms with Crippen molar-refractivity contribution in [3.05, 3.63) is 73.8 Å². The number of nitrogens with zero attached hydrogens (tertiary/aromatic N) is 2. The molecule has 0 spiro atoms. The molecule has 7 nitrogen and oxygen atoms in total. The van der Waals surface area contributed by atoms with E-state index in [0.717, 1.165) is 29.7 Å². The summed E-state index contributed by atoms with van der Waals surface area (Å²) in [7, 11) is 0. The fourth-order valence-electron chi connectivity index (χ4n) is 5.75. The van der Waals surface area contributed by atoms with Crippen LogP contribution in [0.15, 0.2) is 42.5 Å². The Morgan fingerprint density at radius 3 is 2.44 bits per heavy atom. The van der Waals surface area contributed by atoms with E-state index in [9.17, 15) is 20.2 Å². The van der Waals surface area contributed by atoms with Crippen molar-refractivity contribution in [2.75, 3.05) is 5.32 Å². The Morgan fingerprint density at radius 2 is 1.67 bits per heavy atom. The molecule has 2 aliphatic carbocycles. The van der Waals surface area contributed by atoms with Crippen LogP contribution in [0.5, 0.6) is 0 Å². The molecule has 1 heterocycles. The van der Waals surface area contributed by atoms with Crippen LogP contribution in [0.4, 0.5) is 17.1 Å². The quantitative estimate of drug-likeness (QED) is 0.622. The molecular weight excluding hydrogens is 346 g/mol. The van der Waals surface area contributed by atoms with Gasteiger partial charge < -0.3 is 5.32 Å². The number of hydrogen-bond donors (Lipinski definition) is 1. The summed E-state index contributed by atoms with van der Waals surface area (Å²) in [5.41, 5.74) is 3.12. The van der Waals surface area contributed by atoms with E-state index in [1.54, 1.807) is 24.3 Å². The topological polar surface area (TPSA) is 98.3 Å². The van der Waals surface area contributed by atoms with Gasteiger partial charge in [0.1, 0.15) is 0 Å². The van der Waals surface area contributed by atoms with Crippen molar-refractivity contribution in [3.8, 4) is 0 Å². The van der Waals surface area contributed by atoms with Crippen LogP contribution < -0.4 is 5.32 Å². The van der Waals surface area contributed by atoms with E-state index in [0.29, 0.717) is 17.8 Å². The van der Waals surface area contributed by atoms with Crippen molar-refractivity contribution in [1.29, 1.82) is 0 Å². The zero-order valence-electron chi connectivity index (χ0n) is 14.6. The van der Waals surface area contributed by atoms with Crippen molar-refractivity contribution in [1.82, 2.24) is 0 Å². The number of non-ortho nitro benzene ring substituents is 2. The molecule has 7 heteroatoms. The third-order valence-electron chi connectivity index (χ3n) is 6.72. The van der Waals surface area contributed by atoms with Crippen LogP contribution in [-0.4, -0.2) is 9.85 Å². The van der Waals surface area contributed by atoms with Gasteiger partial charge in [0, 0.05) is 30.0 Å². The second-order valence-electron chi connectivity index (χ2n) is 7.94. The molecule has 0 unspecified atom stereocenters. The van der Waals surface area contributed by atoms with E-state index in [4.69, 9.17) is 0 Å². The van der Waals surface area contributed by atoms with Gasteiger partial charge in [0.25, 0.3) is 11.4 Å². The maximum absolute atomic E-state index is 11.2. The summed E-state index contributed by atoms with van der Waals surface area (Å²) in [5.74, 6) is 1.71. The van der Waals surface area contributed by atoms with E-state index >= 15 is 0 Å². The third-order valence-corrected chi connectivity index (χ3v) is 6.72. The number of anilines is 1. The lowest BCUT2D eigenvalue weighted by Crippen LogP contribution is -2.35. The number of nitro benzene ring substituents is 2. The molecule has 5 atom stereocenters. The average Bonchev–Trinajstić information content (AvgIpc) is 3.29. The average molecular weight is 365 g/mol. The smallest absolute Gasteiger partial charge is 0.269 e. The second-order valence-corrected chi connectivity index (χ2v) is 7.94. The maximum Gasteiger partial charge on any atom is 0.269 e. The number of rotatable bonds is 3. The summed E-state index contributed by atoms with van der Waals surface area (Å²) < 4.78 is 0. The number of fused-ring (bicyclic) bond motifs is 7. The first-order valence-electron chi connectivity index (χ1n) is 9.32. The molecule has 1 aliphatic heterocycles. The first-order chi connectivity index (χ1) is 13.0. The minimum absolute atomic E-state index is 0.000781. The lowest BCUT2D eigenvalue weighted by Gasteiger charge is -2.43. The van der Waals surface area contributed by atoms with Crippen LogP contribution in [0.25, 0.3) is 0 Å². The van der Waals surface area contributed by atoms with Gasteiger partial charge in [0.2, 0.25) is 0 Å². The van der Waals surface area contributed by atoms with Crippen molar-refractivity contribution in [2.45, 2.75) is 31.2 Å². The summed E-state index contributed by atoms with van der Waals surface area (Å²) in [6.07, 6.45) is 3.48. The Kier molecular flexibility index (Phi) is 3.47. The van der Waals surface area contributed by atoms with Crippen LogP contribution >= 0.6 is 0 Å². The molecule has 2 bridgehead atoms. The minimum Gasteiger partial charge on any atom is -0.378 e. The Balaban J connectivity index is 1.62. The number of nitrogens with one attached hydrogen (secondary N) is 1. The van der Waals surface area contributed by atoms with Crippen molar-refractivity contribution < 1.29 is 9.85 Å².